The van der Waals surface area contributed by atoms with Crippen LogP contribution in [0.4, 0.5) is 4.79 Å². The summed E-state index contributed by atoms with van der Waals surface area (Å²) in [6.07, 6.45) is 2.70. The molecule has 1 aromatic heterocycles. The van der Waals surface area contributed by atoms with Crippen LogP contribution in [0.2, 0.25) is 0 Å². The number of aromatic nitrogens is 2. The van der Waals surface area contributed by atoms with E-state index in [1.165, 1.54) is 0 Å². The van der Waals surface area contributed by atoms with E-state index in [0.29, 0.717) is 18.9 Å². The molecule has 1 fully saturated rings. The van der Waals surface area contributed by atoms with Crippen molar-refractivity contribution in [2.45, 2.75) is 45.1 Å². The second-order valence-electron chi connectivity index (χ2n) is 7.17. The van der Waals surface area contributed by atoms with Gasteiger partial charge >= 0.3 is 6.09 Å². The number of carbonyl (C=O) groups excluding carboxylic acids is 1. The Morgan fingerprint density at radius 2 is 1.89 bits per heavy atom. The normalized spacial score (nSPS) is 17.0. The Kier molecular flexibility index (Phi) is 5.58. The lowest BCUT2D eigenvalue weighted by Gasteiger charge is -2.35. The predicted molar refractivity (Wildman–Crippen MR) is 107 cm³/mol. The number of carbonyl (C=O) groups is 1. The van der Waals surface area contributed by atoms with E-state index in [1.807, 2.05) is 64.1 Å². The van der Waals surface area contributed by atoms with E-state index < -0.39 is 0 Å². The van der Waals surface area contributed by atoms with Crippen molar-refractivity contribution in [3.05, 3.63) is 66.0 Å². The van der Waals surface area contributed by atoms with Gasteiger partial charge in [0.05, 0.1) is 17.1 Å². The largest absolute Gasteiger partial charge is 0.445 e. The molecule has 28 heavy (non-hydrogen) atoms. The van der Waals surface area contributed by atoms with Gasteiger partial charge in [-0.15, -0.1) is 0 Å². The van der Waals surface area contributed by atoms with Gasteiger partial charge in [-0.05, 0) is 37.0 Å². The third kappa shape index (κ3) is 3.87. The second-order valence-corrected chi connectivity index (χ2v) is 7.17. The van der Waals surface area contributed by atoms with Gasteiger partial charge in [0, 0.05) is 13.1 Å². The summed E-state index contributed by atoms with van der Waals surface area (Å²) >= 11 is 0. The van der Waals surface area contributed by atoms with Gasteiger partial charge in [-0.25, -0.2) is 9.78 Å². The molecule has 0 aliphatic carbocycles. The van der Waals surface area contributed by atoms with Gasteiger partial charge in [0.15, 0.2) is 0 Å². The van der Waals surface area contributed by atoms with Crippen molar-refractivity contribution >= 4 is 17.1 Å². The molecule has 0 saturated carbocycles. The summed E-state index contributed by atoms with van der Waals surface area (Å²) in [5, 5.41) is 9.75. The third-order valence-electron chi connectivity index (χ3n) is 5.34. The van der Waals surface area contributed by atoms with Gasteiger partial charge in [-0.1, -0.05) is 42.5 Å². The zero-order valence-corrected chi connectivity index (χ0v) is 15.8. The van der Waals surface area contributed by atoms with Gasteiger partial charge in [0.2, 0.25) is 0 Å². The molecule has 6 heteroatoms. The molecular formula is C22H25N3O3. The smallest absolute Gasteiger partial charge is 0.410 e. The van der Waals surface area contributed by atoms with Crippen molar-refractivity contribution in [3.63, 3.8) is 0 Å². The minimum absolute atomic E-state index is 0.0277. The molecule has 1 N–H and O–H groups in total. The van der Waals surface area contributed by atoms with Crippen molar-refractivity contribution < 1.29 is 14.6 Å². The fraction of sp³-hybridized carbons (Fsp3) is 0.364. The monoisotopic (exact) mass is 379 g/mol. The van der Waals surface area contributed by atoms with Gasteiger partial charge in [0.25, 0.3) is 0 Å². The molecule has 1 aliphatic rings. The zero-order chi connectivity index (χ0) is 19.3. The first kappa shape index (κ1) is 18.5. The van der Waals surface area contributed by atoms with E-state index in [1.54, 1.807) is 0 Å². The molecule has 6 nitrogen and oxygen atoms in total. The average Bonchev–Trinajstić information content (AvgIpc) is 3.11. The summed E-state index contributed by atoms with van der Waals surface area (Å²) in [4.78, 5) is 19.1. The lowest BCUT2D eigenvalue weighted by atomic mass is 10.0. The standard InChI is InChI=1S/C22H25N3O3/c26-15-21-23-19-11-4-5-12-20(19)25(21)14-18-10-6-7-13-24(18)22(27)28-16-17-8-2-1-3-9-17/h1-5,8-9,11-12,18,26H,6-7,10,13-16H2/t18-/m0/s1. The van der Waals surface area contributed by atoms with Crippen LogP contribution in [0, 0.1) is 0 Å². The first-order valence-electron chi connectivity index (χ1n) is 9.78. The van der Waals surface area contributed by atoms with Crippen molar-refractivity contribution in [2.75, 3.05) is 6.54 Å². The van der Waals surface area contributed by atoms with E-state index in [2.05, 4.69) is 4.98 Å². The number of para-hydroxylation sites is 2. The van der Waals surface area contributed by atoms with E-state index in [4.69, 9.17) is 4.74 Å². The second kappa shape index (κ2) is 8.44. The number of benzene rings is 2. The average molecular weight is 379 g/mol. The lowest BCUT2D eigenvalue weighted by molar-refractivity contribution is 0.0636. The minimum Gasteiger partial charge on any atom is -0.445 e. The first-order valence-corrected chi connectivity index (χ1v) is 9.78. The van der Waals surface area contributed by atoms with Crippen molar-refractivity contribution in [3.8, 4) is 0 Å². The van der Waals surface area contributed by atoms with Gasteiger partial charge in [-0.3, -0.25) is 0 Å². The summed E-state index contributed by atoms with van der Waals surface area (Å²) in [7, 11) is 0. The Labute approximate surface area is 164 Å². The SMILES string of the molecule is O=C(OCc1ccccc1)N1CCCC[C@H]1Cn1c(CO)nc2ccccc21. The van der Waals surface area contributed by atoms with Crippen LogP contribution < -0.4 is 0 Å². The number of amides is 1. The zero-order valence-electron chi connectivity index (χ0n) is 15.8. The van der Waals surface area contributed by atoms with Crippen LogP contribution in [0.3, 0.4) is 0 Å². The fourth-order valence-electron chi connectivity index (χ4n) is 3.89. The van der Waals surface area contributed by atoms with Gasteiger partial charge in [-0.2, -0.15) is 0 Å². The molecule has 0 bridgehead atoms. The summed E-state index contributed by atoms with van der Waals surface area (Å²) < 4.78 is 7.60. The molecule has 2 aromatic carbocycles. The van der Waals surface area contributed by atoms with Gasteiger partial charge in [0.1, 0.15) is 19.0 Å². The van der Waals surface area contributed by atoms with Crippen LogP contribution in [0.1, 0.15) is 30.7 Å². The number of aliphatic hydroxyl groups is 1. The number of nitrogens with zero attached hydrogens (tertiary/aromatic N) is 3. The topological polar surface area (TPSA) is 67.6 Å². The van der Waals surface area contributed by atoms with Crippen LogP contribution in [-0.2, 0) is 24.5 Å². The molecule has 1 aliphatic heterocycles. The van der Waals surface area contributed by atoms with Crippen LogP contribution in [0.15, 0.2) is 54.6 Å². The number of ether oxygens (including phenoxy) is 1. The molecule has 146 valence electrons. The molecular weight excluding hydrogens is 354 g/mol. The van der Waals surface area contributed by atoms with E-state index in [9.17, 15) is 9.90 Å². The van der Waals surface area contributed by atoms with E-state index in [0.717, 1.165) is 35.9 Å². The molecule has 0 spiro atoms. The number of hydrogen-bond acceptors (Lipinski definition) is 4. The van der Waals surface area contributed by atoms with E-state index in [-0.39, 0.29) is 25.3 Å². The highest BCUT2D eigenvalue weighted by Crippen LogP contribution is 2.23. The summed E-state index contributed by atoms with van der Waals surface area (Å²) in [5.41, 5.74) is 2.82. The van der Waals surface area contributed by atoms with Crippen LogP contribution >= 0.6 is 0 Å². The number of hydrogen-bond donors (Lipinski definition) is 1. The highest BCUT2D eigenvalue weighted by atomic mass is 16.6. The maximum Gasteiger partial charge on any atom is 0.410 e. The molecule has 4 rings (SSSR count). The Morgan fingerprint density at radius 3 is 2.71 bits per heavy atom. The molecule has 1 atom stereocenters. The summed E-state index contributed by atoms with van der Waals surface area (Å²) in [6.45, 7) is 1.45. The minimum atomic E-state index is -0.275. The van der Waals surface area contributed by atoms with Crippen LogP contribution in [0.5, 0.6) is 0 Å². The van der Waals surface area contributed by atoms with Gasteiger partial charge < -0.3 is 19.3 Å². The number of piperidine rings is 1. The highest BCUT2D eigenvalue weighted by Gasteiger charge is 2.29. The van der Waals surface area contributed by atoms with Crippen molar-refractivity contribution in [2.24, 2.45) is 0 Å². The third-order valence-corrected chi connectivity index (χ3v) is 5.34. The molecule has 2 heterocycles. The van der Waals surface area contributed by atoms with Crippen molar-refractivity contribution in [1.82, 2.24) is 14.5 Å². The summed E-state index contributed by atoms with van der Waals surface area (Å²) in [5.74, 6) is 0.629. The number of aliphatic hydroxyl groups excluding tert-OH is 1. The fourth-order valence-corrected chi connectivity index (χ4v) is 3.89. The maximum atomic E-state index is 12.8. The number of imidazole rings is 1. The molecule has 3 aromatic rings. The number of rotatable bonds is 5. The Bertz CT molecular complexity index is 939. The lowest BCUT2D eigenvalue weighted by Crippen LogP contribution is -2.46. The maximum absolute atomic E-state index is 12.8. The first-order chi connectivity index (χ1) is 13.8. The Balaban J connectivity index is 1.50. The summed E-state index contributed by atoms with van der Waals surface area (Å²) in [6, 6.07) is 17.6. The molecule has 1 saturated heterocycles. The number of fused-ring (bicyclic) bond motifs is 1. The van der Waals surface area contributed by atoms with Crippen LogP contribution in [0.25, 0.3) is 11.0 Å². The van der Waals surface area contributed by atoms with E-state index >= 15 is 0 Å². The van der Waals surface area contributed by atoms with Crippen LogP contribution in [-0.4, -0.2) is 38.2 Å². The molecule has 1 amide bonds. The Hall–Kier alpha value is -2.86. The van der Waals surface area contributed by atoms with Crippen molar-refractivity contribution in [1.29, 1.82) is 0 Å². The number of likely N-dealkylation sites (tertiary alicyclic amines) is 1. The molecule has 0 unspecified atom stereocenters. The Morgan fingerprint density at radius 1 is 1.11 bits per heavy atom. The quantitative estimate of drug-likeness (QED) is 0.734. The molecule has 0 radical (unpaired) electrons. The highest BCUT2D eigenvalue weighted by molar-refractivity contribution is 5.76. The predicted octanol–water partition coefficient (Wildman–Crippen LogP) is 3.72.